The van der Waals surface area contributed by atoms with Crippen molar-refractivity contribution in [3.63, 3.8) is 0 Å². The average molecular weight is 190 g/mol. The molecule has 1 aliphatic carbocycles. The highest BCUT2D eigenvalue weighted by Crippen LogP contribution is 2.33. The van der Waals surface area contributed by atoms with E-state index in [4.69, 9.17) is 0 Å². The van der Waals surface area contributed by atoms with Crippen molar-refractivity contribution in [3.05, 3.63) is 23.0 Å². The molecule has 0 bridgehead atoms. The Balaban J connectivity index is 2.37. The van der Waals surface area contributed by atoms with Gasteiger partial charge in [-0.1, -0.05) is 6.92 Å². The third-order valence-corrected chi connectivity index (χ3v) is 2.54. The minimum atomic E-state index is 0.264. The molecule has 1 fully saturated rings. The molecule has 3 nitrogen and oxygen atoms in total. The van der Waals surface area contributed by atoms with Gasteiger partial charge in [0.15, 0.2) is 5.78 Å². The fourth-order valence-corrected chi connectivity index (χ4v) is 1.55. The van der Waals surface area contributed by atoms with Crippen LogP contribution >= 0.6 is 0 Å². The van der Waals surface area contributed by atoms with Crippen LogP contribution in [0.25, 0.3) is 0 Å². The van der Waals surface area contributed by atoms with E-state index < -0.39 is 0 Å². The molecule has 2 rings (SSSR count). The van der Waals surface area contributed by atoms with Crippen LogP contribution in [0, 0.1) is 12.8 Å². The molecule has 14 heavy (non-hydrogen) atoms. The molecule has 74 valence electrons. The third-order valence-electron chi connectivity index (χ3n) is 2.54. The van der Waals surface area contributed by atoms with Gasteiger partial charge in [0.2, 0.25) is 0 Å². The molecule has 1 heterocycles. The number of ketones is 1. The fraction of sp³-hybridized carbons (Fsp3) is 0.545. The Hall–Kier alpha value is -1.25. The largest absolute Gasteiger partial charge is 0.294 e. The molecule has 0 aromatic carbocycles. The standard InChI is InChI=1S/C11H14N2O/c1-3-10-9(6-7(2)12-13-10)11(14)8-4-5-8/h6,8H,3-5H2,1-2H3. The Labute approximate surface area is 83.5 Å². The summed E-state index contributed by atoms with van der Waals surface area (Å²) < 4.78 is 0. The quantitative estimate of drug-likeness (QED) is 0.684. The SMILES string of the molecule is CCc1nnc(C)cc1C(=O)C1CC1. The molecule has 0 aliphatic heterocycles. The molecule has 1 aliphatic rings. The van der Waals surface area contributed by atoms with E-state index in [1.807, 2.05) is 19.9 Å². The number of nitrogens with zero attached hydrogens (tertiary/aromatic N) is 2. The van der Waals surface area contributed by atoms with Crippen molar-refractivity contribution in [3.8, 4) is 0 Å². The summed E-state index contributed by atoms with van der Waals surface area (Å²) in [5, 5.41) is 8.03. The first-order valence-corrected chi connectivity index (χ1v) is 5.09. The number of carbonyl (C=O) groups is 1. The van der Waals surface area contributed by atoms with Gasteiger partial charge in [-0.25, -0.2) is 0 Å². The highest BCUT2D eigenvalue weighted by molar-refractivity contribution is 6.00. The smallest absolute Gasteiger partial charge is 0.167 e. The maximum absolute atomic E-state index is 11.9. The van der Waals surface area contributed by atoms with Crippen molar-refractivity contribution in [2.75, 3.05) is 0 Å². The van der Waals surface area contributed by atoms with Gasteiger partial charge in [-0.15, -0.1) is 0 Å². The molecular formula is C11H14N2O. The van der Waals surface area contributed by atoms with Gasteiger partial charge >= 0.3 is 0 Å². The maximum Gasteiger partial charge on any atom is 0.167 e. The molecule has 0 radical (unpaired) electrons. The van der Waals surface area contributed by atoms with E-state index in [-0.39, 0.29) is 11.7 Å². The summed E-state index contributed by atoms with van der Waals surface area (Å²) in [6.07, 6.45) is 2.87. The molecule has 0 atom stereocenters. The van der Waals surface area contributed by atoms with E-state index in [0.717, 1.165) is 36.2 Å². The molecule has 0 N–H and O–H groups in total. The van der Waals surface area contributed by atoms with E-state index in [0.29, 0.717) is 0 Å². The van der Waals surface area contributed by atoms with Gasteiger partial charge in [0.1, 0.15) is 0 Å². The predicted molar refractivity (Wildman–Crippen MR) is 53.2 cm³/mol. The number of aryl methyl sites for hydroxylation is 2. The first kappa shape index (κ1) is 9.31. The average Bonchev–Trinajstić information content (AvgIpc) is 3.00. The van der Waals surface area contributed by atoms with Crippen molar-refractivity contribution in [2.24, 2.45) is 5.92 Å². The highest BCUT2D eigenvalue weighted by Gasteiger charge is 2.31. The molecule has 0 amide bonds. The molecular weight excluding hydrogens is 176 g/mol. The van der Waals surface area contributed by atoms with Crippen LogP contribution in [0.15, 0.2) is 6.07 Å². The fourth-order valence-electron chi connectivity index (χ4n) is 1.55. The van der Waals surface area contributed by atoms with Crippen molar-refractivity contribution in [2.45, 2.75) is 33.1 Å². The summed E-state index contributed by atoms with van der Waals surface area (Å²) in [6, 6.07) is 1.87. The van der Waals surface area contributed by atoms with E-state index >= 15 is 0 Å². The van der Waals surface area contributed by atoms with Crippen molar-refractivity contribution in [1.29, 1.82) is 0 Å². The van der Waals surface area contributed by atoms with E-state index in [1.54, 1.807) is 0 Å². The third kappa shape index (κ3) is 1.67. The predicted octanol–water partition coefficient (Wildman–Crippen LogP) is 1.94. The van der Waals surface area contributed by atoms with E-state index in [9.17, 15) is 4.79 Å². The number of aromatic nitrogens is 2. The summed E-state index contributed by atoms with van der Waals surface area (Å²) in [4.78, 5) is 11.9. The number of carbonyl (C=O) groups excluding carboxylic acids is 1. The van der Waals surface area contributed by atoms with Crippen molar-refractivity contribution < 1.29 is 4.79 Å². The number of rotatable bonds is 3. The lowest BCUT2D eigenvalue weighted by Crippen LogP contribution is -2.09. The monoisotopic (exact) mass is 190 g/mol. The number of hydrogen-bond acceptors (Lipinski definition) is 3. The molecule has 1 aromatic rings. The topological polar surface area (TPSA) is 42.9 Å². The van der Waals surface area contributed by atoms with Crippen LogP contribution in [0.4, 0.5) is 0 Å². The van der Waals surface area contributed by atoms with Crippen molar-refractivity contribution in [1.82, 2.24) is 10.2 Å². The van der Waals surface area contributed by atoms with Crippen LogP contribution in [-0.4, -0.2) is 16.0 Å². The van der Waals surface area contributed by atoms with Crippen LogP contribution in [-0.2, 0) is 6.42 Å². The van der Waals surface area contributed by atoms with Gasteiger partial charge in [-0.2, -0.15) is 10.2 Å². The van der Waals surface area contributed by atoms with Gasteiger partial charge in [-0.05, 0) is 32.3 Å². The Kier molecular flexibility index (Phi) is 2.32. The minimum absolute atomic E-state index is 0.264. The second-order valence-corrected chi connectivity index (χ2v) is 3.84. The van der Waals surface area contributed by atoms with Crippen molar-refractivity contribution >= 4 is 5.78 Å². The Morgan fingerprint density at radius 1 is 1.50 bits per heavy atom. The Morgan fingerprint density at radius 2 is 2.21 bits per heavy atom. The lowest BCUT2D eigenvalue weighted by molar-refractivity contribution is 0.0966. The zero-order valence-electron chi connectivity index (χ0n) is 8.58. The molecule has 0 saturated heterocycles. The molecule has 0 spiro atoms. The summed E-state index contributed by atoms with van der Waals surface area (Å²) in [7, 11) is 0. The van der Waals surface area contributed by atoms with Gasteiger partial charge < -0.3 is 0 Å². The van der Waals surface area contributed by atoms with Crippen LogP contribution in [0.1, 0.15) is 41.5 Å². The number of Topliss-reactive ketones (excluding diaryl/α,β-unsaturated/α-hetero) is 1. The van der Waals surface area contributed by atoms with Crippen LogP contribution in [0.3, 0.4) is 0 Å². The summed E-state index contributed by atoms with van der Waals surface area (Å²) >= 11 is 0. The van der Waals surface area contributed by atoms with Crippen LogP contribution < -0.4 is 0 Å². The number of hydrogen-bond donors (Lipinski definition) is 0. The second kappa shape index (κ2) is 3.48. The highest BCUT2D eigenvalue weighted by atomic mass is 16.1. The van der Waals surface area contributed by atoms with Gasteiger partial charge in [0.05, 0.1) is 11.4 Å². The zero-order valence-corrected chi connectivity index (χ0v) is 8.58. The van der Waals surface area contributed by atoms with Gasteiger partial charge in [0, 0.05) is 11.5 Å². The normalized spacial score (nSPS) is 15.6. The van der Waals surface area contributed by atoms with Gasteiger partial charge in [0.25, 0.3) is 0 Å². The zero-order chi connectivity index (χ0) is 10.1. The molecule has 3 heteroatoms. The first-order chi connectivity index (χ1) is 6.72. The van der Waals surface area contributed by atoms with E-state index in [2.05, 4.69) is 10.2 Å². The Morgan fingerprint density at radius 3 is 2.79 bits per heavy atom. The lowest BCUT2D eigenvalue weighted by Gasteiger charge is -2.04. The van der Waals surface area contributed by atoms with Crippen LogP contribution in [0.5, 0.6) is 0 Å². The summed E-state index contributed by atoms with van der Waals surface area (Å²) in [5.74, 6) is 0.531. The molecule has 0 unspecified atom stereocenters. The van der Waals surface area contributed by atoms with Crippen LogP contribution in [0.2, 0.25) is 0 Å². The first-order valence-electron chi connectivity index (χ1n) is 5.09. The lowest BCUT2D eigenvalue weighted by atomic mass is 10.0. The maximum atomic E-state index is 11.9. The summed E-state index contributed by atoms with van der Waals surface area (Å²) in [6.45, 7) is 3.87. The molecule has 1 saturated carbocycles. The summed E-state index contributed by atoms with van der Waals surface area (Å²) in [5.41, 5.74) is 2.46. The minimum Gasteiger partial charge on any atom is -0.294 e. The second-order valence-electron chi connectivity index (χ2n) is 3.84. The van der Waals surface area contributed by atoms with Gasteiger partial charge in [-0.3, -0.25) is 4.79 Å². The van der Waals surface area contributed by atoms with E-state index in [1.165, 1.54) is 0 Å². The Bertz CT molecular complexity index is 370. The molecule has 1 aromatic heterocycles.